The molecular formula is C18H20ClNO3. The van der Waals surface area contributed by atoms with Gasteiger partial charge in [0.25, 0.3) is 5.91 Å². The van der Waals surface area contributed by atoms with Crippen molar-refractivity contribution in [2.75, 3.05) is 5.32 Å². The maximum absolute atomic E-state index is 12.8. The molecule has 1 amide bonds. The summed E-state index contributed by atoms with van der Waals surface area (Å²) in [6.07, 6.45) is 4.48. The van der Waals surface area contributed by atoms with Gasteiger partial charge in [-0.05, 0) is 57.2 Å². The topological polar surface area (TPSA) is 55.4 Å². The van der Waals surface area contributed by atoms with Crippen molar-refractivity contribution in [3.05, 3.63) is 39.9 Å². The van der Waals surface area contributed by atoms with E-state index in [0.717, 1.165) is 24.8 Å². The first-order valence-electron chi connectivity index (χ1n) is 7.95. The largest absolute Gasteiger partial charge is 0.451 e. The smallest absolute Gasteiger partial charge is 0.335 e. The third kappa shape index (κ3) is 2.88. The number of halogens is 1. The first kappa shape index (κ1) is 16.1. The van der Waals surface area contributed by atoms with Crippen molar-refractivity contribution in [3.8, 4) is 0 Å². The second-order valence-electron chi connectivity index (χ2n) is 6.36. The zero-order chi connectivity index (χ0) is 16.6. The van der Waals surface area contributed by atoms with Crippen LogP contribution in [0.1, 0.15) is 44.6 Å². The Morgan fingerprint density at radius 1 is 1.22 bits per heavy atom. The van der Waals surface area contributed by atoms with Crippen LogP contribution in [0.5, 0.6) is 0 Å². The number of hydrogen-bond acceptors (Lipinski definition) is 3. The fourth-order valence-electron chi connectivity index (χ4n) is 3.47. The summed E-state index contributed by atoms with van der Waals surface area (Å²) < 4.78 is 5.62. The Morgan fingerprint density at radius 2 is 1.91 bits per heavy atom. The van der Waals surface area contributed by atoms with E-state index in [9.17, 15) is 9.59 Å². The molecule has 1 spiro atoms. The number of esters is 1. The second kappa shape index (κ2) is 6.00. The van der Waals surface area contributed by atoms with Gasteiger partial charge in [-0.2, -0.15) is 0 Å². The molecule has 1 heterocycles. The quantitative estimate of drug-likeness (QED) is 0.827. The van der Waals surface area contributed by atoms with Gasteiger partial charge in [0.1, 0.15) is 5.60 Å². The van der Waals surface area contributed by atoms with Gasteiger partial charge in [-0.1, -0.05) is 24.1 Å². The highest BCUT2D eigenvalue weighted by Crippen LogP contribution is 2.44. The van der Waals surface area contributed by atoms with E-state index in [1.165, 1.54) is 0 Å². The first-order valence-corrected chi connectivity index (χ1v) is 8.33. The molecule has 1 saturated carbocycles. The van der Waals surface area contributed by atoms with Crippen LogP contribution in [0.4, 0.5) is 5.69 Å². The van der Waals surface area contributed by atoms with E-state index in [1.54, 1.807) is 19.1 Å². The first-order chi connectivity index (χ1) is 10.9. The number of hydrogen-bond donors (Lipinski definition) is 1. The molecule has 0 atom stereocenters. The van der Waals surface area contributed by atoms with Crippen LogP contribution in [0.3, 0.4) is 0 Å². The molecule has 0 bridgehead atoms. The summed E-state index contributed by atoms with van der Waals surface area (Å²) >= 11 is 6.11. The minimum Gasteiger partial charge on any atom is -0.451 e. The number of rotatable bonds is 2. The molecule has 1 aromatic rings. The molecule has 0 unspecified atom stereocenters. The van der Waals surface area contributed by atoms with E-state index in [2.05, 4.69) is 5.32 Å². The van der Waals surface area contributed by atoms with Gasteiger partial charge in [0, 0.05) is 16.3 Å². The van der Waals surface area contributed by atoms with Gasteiger partial charge in [0.15, 0.2) is 0 Å². The average Bonchev–Trinajstić information content (AvgIpc) is 2.74. The molecule has 2 aliphatic rings. The minimum absolute atomic E-state index is 0.268. The SMILES string of the molecule is CC1=C(C(=O)Nc2ccc(C)c(Cl)c2)C2(CCCCC2)OC1=O. The van der Waals surface area contributed by atoms with Crippen molar-refractivity contribution in [2.45, 2.75) is 51.6 Å². The molecule has 5 heteroatoms. The number of nitrogens with one attached hydrogen (secondary N) is 1. The van der Waals surface area contributed by atoms with Crippen LogP contribution >= 0.6 is 11.6 Å². The van der Waals surface area contributed by atoms with Crippen molar-refractivity contribution < 1.29 is 14.3 Å². The Hall–Kier alpha value is -1.81. The zero-order valence-corrected chi connectivity index (χ0v) is 14.1. The minimum atomic E-state index is -0.738. The van der Waals surface area contributed by atoms with Crippen LogP contribution in [0, 0.1) is 6.92 Å². The van der Waals surface area contributed by atoms with Gasteiger partial charge in [-0.15, -0.1) is 0 Å². The van der Waals surface area contributed by atoms with Gasteiger partial charge in [-0.3, -0.25) is 4.79 Å². The lowest BCUT2D eigenvalue weighted by atomic mass is 9.78. The Bertz CT molecular complexity index is 702. The van der Waals surface area contributed by atoms with E-state index in [1.807, 2.05) is 13.0 Å². The third-order valence-electron chi connectivity index (χ3n) is 4.74. The summed E-state index contributed by atoms with van der Waals surface area (Å²) in [6.45, 7) is 3.57. The van der Waals surface area contributed by atoms with E-state index in [4.69, 9.17) is 16.3 Å². The number of amides is 1. The van der Waals surface area contributed by atoms with Crippen molar-refractivity contribution in [1.29, 1.82) is 0 Å². The Kier molecular flexibility index (Phi) is 4.19. The molecule has 23 heavy (non-hydrogen) atoms. The summed E-state index contributed by atoms with van der Waals surface area (Å²) in [5.74, 6) is -0.644. The Morgan fingerprint density at radius 3 is 2.57 bits per heavy atom. The van der Waals surface area contributed by atoms with Gasteiger partial charge in [0.2, 0.25) is 0 Å². The molecule has 1 aliphatic carbocycles. The van der Waals surface area contributed by atoms with Crippen molar-refractivity contribution in [1.82, 2.24) is 0 Å². The zero-order valence-electron chi connectivity index (χ0n) is 13.4. The third-order valence-corrected chi connectivity index (χ3v) is 5.15. The second-order valence-corrected chi connectivity index (χ2v) is 6.77. The van der Waals surface area contributed by atoms with Crippen LogP contribution in [-0.2, 0) is 14.3 Å². The molecule has 1 aromatic carbocycles. The lowest BCUT2D eigenvalue weighted by molar-refractivity contribution is -0.149. The number of benzene rings is 1. The number of aryl methyl sites for hydroxylation is 1. The predicted molar refractivity (Wildman–Crippen MR) is 89.4 cm³/mol. The molecule has 0 radical (unpaired) electrons. The fraction of sp³-hybridized carbons (Fsp3) is 0.444. The van der Waals surface area contributed by atoms with Crippen LogP contribution in [0.25, 0.3) is 0 Å². The molecule has 0 saturated heterocycles. The number of ether oxygens (including phenoxy) is 1. The van der Waals surface area contributed by atoms with Gasteiger partial charge in [-0.25, -0.2) is 4.79 Å². The molecule has 4 nitrogen and oxygen atoms in total. The van der Waals surface area contributed by atoms with Gasteiger partial charge < -0.3 is 10.1 Å². The normalized spacial score (nSPS) is 19.9. The predicted octanol–water partition coefficient (Wildman–Crippen LogP) is 4.16. The highest BCUT2D eigenvalue weighted by Gasteiger charge is 2.49. The van der Waals surface area contributed by atoms with Crippen LogP contribution in [0.2, 0.25) is 5.02 Å². The summed E-state index contributed by atoms with van der Waals surface area (Å²) in [5, 5.41) is 3.46. The van der Waals surface area contributed by atoms with Crippen LogP contribution < -0.4 is 5.32 Å². The fourth-order valence-corrected chi connectivity index (χ4v) is 3.65. The molecular weight excluding hydrogens is 314 g/mol. The van der Waals surface area contributed by atoms with E-state index < -0.39 is 5.60 Å². The van der Waals surface area contributed by atoms with Crippen LogP contribution in [0.15, 0.2) is 29.3 Å². The molecule has 3 rings (SSSR count). The molecule has 0 aromatic heterocycles. The van der Waals surface area contributed by atoms with E-state index in [-0.39, 0.29) is 11.9 Å². The maximum Gasteiger partial charge on any atom is 0.335 e. The highest BCUT2D eigenvalue weighted by molar-refractivity contribution is 6.31. The van der Waals surface area contributed by atoms with Gasteiger partial charge in [0.05, 0.1) is 5.57 Å². The average molecular weight is 334 g/mol. The van der Waals surface area contributed by atoms with Crippen LogP contribution in [-0.4, -0.2) is 17.5 Å². The standard InChI is InChI=1S/C18H20ClNO3/c1-11-6-7-13(10-14(11)19)20-16(21)15-12(2)17(22)23-18(15)8-4-3-5-9-18/h6-7,10H,3-5,8-9H2,1-2H3,(H,20,21). The Balaban J connectivity index is 1.89. The van der Waals surface area contributed by atoms with E-state index in [0.29, 0.717) is 34.7 Å². The van der Waals surface area contributed by atoms with Crippen molar-refractivity contribution in [2.24, 2.45) is 0 Å². The molecule has 1 fully saturated rings. The Labute approximate surface area is 140 Å². The summed E-state index contributed by atoms with van der Waals surface area (Å²) in [5.41, 5.74) is 1.73. The highest BCUT2D eigenvalue weighted by atomic mass is 35.5. The number of carbonyl (C=O) groups excluding carboxylic acids is 2. The van der Waals surface area contributed by atoms with Crippen molar-refractivity contribution >= 4 is 29.2 Å². The van der Waals surface area contributed by atoms with Crippen molar-refractivity contribution in [3.63, 3.8) is 0 Å². The molecule has 122 valence electrons. The maximum atomic E-state index is 12.8. The molecule has 1 aliphatic heterocycles. The lowest BCUT2D eigenvalue weighted by Crippen LogP contribution is -2.39. The monoisotopic (exact) mass is 333 g/mol. The van der Waals surface area contributed by atoms with Gasteiger partial charge >= 0.3 is 5.97 Å². The molecule has 1 N–H and O–H groups in total. The number of anilines is 1. The summed E-state index contributed by atoms with van der Waals surface area (Å²) in [7, 11) is 0. The number of carbonyl (C=O) groups is 2. The summed E-state index contributed by atoms with van der Waals surface area (Å²) in [4.78, 5) is 24.8. The summed E-state index contributed by atoms with van der Waals surface area (Å²) in [6, 6.07) is 5.38. The lowest BCUT2D eigenvalue weighted by Gasteiger charge is -2.34. The van der Waals surface area contributed by atoms with E-state index >= 15 is 0 Å².